The van der Waals surface area contributed by atoms with Gasteiger partial charge in [0.2, 0.25) is 11.8 Å². The lowest BCUT2D eigenvalue weighted by molar-refractivity contribution is -0.130. The third-order valence-electron chi connectivity index (χ3n) is 6.39. The van der Waals surface area contributed by atoms with Gasteiger partial charge in [-0.2, -0.15) is 0 Å². The van der Waals surface area contributed by atoms with Crippen LogP contribution in [0.15, 0.2) is 72.9 Å². The molecule has 0 aliphatic carbocycles. The number of hydrogen-bond acceptors (Lipinski definition) is 2. The van der Waals surface area contributed by atoms with Crippen molar-refractivity contribution in [3.63, 3.8) is 0 Å². The number of carbonyl (C=O) groups is 2. The molecule has 0 bridgehead atoms. The molecule has 0 aliphatic heterocycles. The summed E-state index contributed by atoms with van der Waals surface area (Å²) in [6.45, 7) is 4.31. The van der Waals surface area contributed by atoms with E-state index in [0.29, 0.717) is 12.8 Å². The van der Waals surface area contributed by atoms with Crippen molar-refractivity contribution < 1.29 is 9.59 Å². The van der Waals surface area contributed by atoms with E-state index in [4.69, 9.17) is 0 Å². The summed E-state index contributed by atoms with van der Waals surface area (Å²) in [4.78, 5) is 24.0. The second kappa shape index (κ2) is 31.8. The smallest absolute Gasteiger partial charge is 0.226 e. The predicted octanol–water partition coefficient (Wildman–Crippen LogP) is 10.8. The van der Waals surface area contributed by atoms with Crippen LogP contribution in [0.1, 0.15) is 142 Å². The average molecular weight is 538 g/mol. The van der Waals surface area contributed by atoms with E-state index < -0.39 is 0 Å². The van der Waals surface area contributed by atoms with Crippen LogP contribution in [0.5, 0.6) is 0 Å². The highest BCUT2D eigenvalue weighted by Crippen LogP contribution is 2.10. The molecule has 1 N–H and O–H groups in total. The third-order valence-corrected chi connectivity index (χ3v) is 6.39. The summed E-state index contributed by atoms with van der Waals surface area (Å²) >= 11 is 0. The molecule has 0 spiro atoms. The maximum absolute atomic E-state index is 12.0. The van der Waals surface area contributed by atoms with Crippen molar-refractivity contribution in [2.24, 2.45) is 0 Å². The number of rotatable bonds is 26. The fourth-order valence-electron chi connectivity index (χ4n) is 4.09. The first-order chi connectivity index (χ1) is 19.2. The summed E-state index contributed by atoms with van der Waals surface area (Å²) in [6.07, 6.45) is 47.2. The first-order valence-electron chi connectivity index (χ1n) is 15.9. The van der Waals surface area contributed by atoms with Gasteiger partial charge in [-0.25, -0.2) is 0 Å². The van der Waals surface area contributed by atoms with Crippen LogP contribution in [-0.2, 0) is 9.59 Å². The molecule has 0 aromatic rings. The highest BCUT2D eigenvalue weighted by Gasteiger charge is 2.07. The predicted molar refractivity (Wildman–Crippen MR) is 172 cm³/mol. The van der Waals surface area contributed by atoms with Crippen molar-refractivity contribution in [1.29, 1.82) is 0 Å². The Balaban J connectivity index is 3.47. The highest BCUT2D eigenvalue weighted by atomic mass is 16.2. The van der Waals surface area contributed by atoms with Gasteiger partial charge in [-0.15, -0.1) is 0 Å². The van der Waals surface area contributed by atoms with Crippen molar-refractivity contribution in [3.05, 3.63) is 72.9 Å². The van der Waals surface area contributed by atoms with Crippen LogP contribution in [-0.4, -0.2) is 11.8 Å². The standard InChI is InChI=1S/C36H59NO2/c1-3-5-7-9-11-13-15-17-19-21-23-25-27-29-31-33-35(38)37-36(39)34-32-30-28-26-24-22-20-18-16-14-12-10-8-6-4-2/h5-8,11-14,17-20H,3-4,9-10,15-16,21-34H2,1-2H3,(H,37,38,39)/b7-5-,8-6-,13-11-,14-12-,19-17-,20-18-. The van der Waals surface area contributed by atoms with E-state index in [2.05, 4.69) is 92.1 Å². The Kier molecular flexibility index (Phi) is 29.8. The van der Waals surface area contributed by atoms with Crippen LogP contribution in [0.25, 0.3) is 0 Å². The van der Waals surface area contributed by atoms with Crippen LogP contribution in [0.4, 0.5) is 0 Å². The van der Waals surface area contributed by atoms with Gasteiger partial charge in [-0.3, -0.25) is 14.9 Å². The Labute approximate surface area is 241 Å². The van der Waals surface area contributed by atoms with Crippen LogP contribution >= 0.6 is 0 Å². The average Bonchev–Trinajstić information content (AvgIpc) is 2.93. The lowest BCUT2D eigenvalue weighted by Gasteiger charge is -2.05. The third kappa shape index (κ3) is 31.7. The highest BCUT2D eigenvalue weighted by molar-refractivity contribution is 5.95. The first-order valence-corrected chi connectivity index (χ1v) is 15.9. The number of amides is 2. The van der Waals surface area contributed by atoms with E-state index in [1.54, 1.807) is 0 Å². The van der Waals surface area contributed by atoms with Gasteiger partial charge in [0.25, 0.3) is 0 Å². The Morgan fingerprint density at radius 2 is 0.718 bits per heavy atom. The van der Waals surface area contributed by atoms with E-state index in [0.717, 1.165) is 89.9 Å². The van der Waals surface area contributed by atoms with Gasteiger partial charge in [-0.1, -0.05) is 125 Å². The molecule has 0 unspecified atom stereocenters. The normalized spacial score (nSPS) is 12.5. The fraction of sp³-hybridized carbons (Fsp3) is 0.611. The molecule has 0 radical (unpaired) electrons. The van der Waals surface area contributed by atoms with Crippen LogP contribution < -0.4 is 5.32 Å². The molecule has 0 fully saturated rings. The number of carbonyl (C=O) groups excluding carboxylic acids is 2. The molecule has 39 heavy (non-hydrogen) atoms. The van der Waals surface area contributed by atoms with Gasteiger partial charge < -0.3 is 0 Å². The summed E-state index contributed by atoms with van der Waals surface area (Å²) in [5.41, 5.74) is 0. The van der Waals surface area contributed by atoms with Crippen LogP contribution in [0.2, 0.25) is 0 Å². The summed E-state index contributed by atoms with van der Waals surface area (Å²) in [7, 11) is 0. The van der Waals surface area contributed by atoms with Gasteiger partial charge in [0, 0.05) is 12.8 Å². The molecule has 220 valence electrons. The topological polar surface area (TPSA) is 46.2 Å². The number of allylic oxidation sites excluding steroid dienone is 12. The minimum Gasteiger partial charge on any atom is -0.296 e. The van der Waals surface area contributed by atoms with Gasteiger partial charge in [0.05, 0.1) is 0 Å². The minimum absolute atomic E-state index is 0.111. The monoisotopic (exact) mass is 537 g/mol. The van der Waals surface area contributed by atoms with Crippen LogP contribution in [0, 0.1) is 0 Å². The maximum Gasteiger partial charge on any atom is 0.226 e. The number of hydrogen-bond donors (Lipinski definition) is 1. The van der Waals surface area contributed by atoms with Crippen molar-refractivity contribution in [2.45, 2.75) is 142 Å². The lowest BCUT2D eigenvalue weighted by atomic mass is 10.1. The van der Waals surface area contributed by atoms with Gasteiger partial charge in [-0.05, 0) is 77.0 Å². The fourth-order valence-corrected chi connectivity index (χ4v) is 4.09. The Hall–Kier alpha value is -2.42. The summed E-state index contributed by atoms with van der Waals surface area (Å²) in [5.74, 6) is -0.222. The van der Waals surface area contributed by atoms with Crippen molar-refractivity contribution in [1.82, 2.24) is 5.32 Å². The first kappa shape index (κ1) is 36.6. The summed E-state index contributed by atoms with van der Waals surface area (Å²) in [6, 6.07) is 0. The van der Waals surface area contributed by atoms with Crippen molar-refractivity contribution >= 4 is 11.8 Å². The summed E-state index contributed by atoms with van der Waals surface area (Å²) in [5, 5.41) is 2.56. The van der Waals surface area contributed by atoms with E-state index in [1.807, 2.05) is 0 Å². The molecule has 0 atom stereocenters. The molecule has 0 aliphatic rings. The number of unbranched alkanes of at least 4 members (excludes halogenated alkanes) is 10. The molecular weight excluding hydrogens is 478 g/mol. The zero-order valence-electron chi connectivity index (χ0n) is 25.4. The van der Waals surface area contributed by atoms with Gasteiger partial charge in [0.1, 0.15) is 0 Å². The zero-order valence-corrected chi connectivity index (χ0v) is 25.4. The molecule has 2 amide bonds. The van der Waals surface area contributed by atoms with E-state index in [1.165, 1.54) is 25.7 Å². The lowest BCUT2D eigenvalue weighted by Crippen LogP contribution is -2.29. The SMILES string of the molecule is CC/C=C\C/C=C\C/C=C\CCCCCCCC(=O)NC(=O)CCCCCCC/C=C\C/C=C\C/C=C\CC. The molecule has 0 heterocycles. The van der Waals surface area contributed by atoms with Gasteiger partial charge in [0.15, 0.2) is 0 Å². The van der Waals surface area contributed by atoms with E-state index >= 15 is 0 Å². The maximum atomic E-state index is 12.0. The number of nitrogens with one attached hydrogen (secondary N) is 1. The minimum atomic E-state index is -0.111. The van der Waals surface area contributed by atoms with Gasteiger partial charge >= 0.3 is 0 Å². The van der Waals surface area contributed by atoms with E-state index in [-0.39, 0.29) is 11.8 Å². The molecule has 0 saturated carbocycles. The molecule has 0 aromatic heterocycles. The molecule has 0 aromatic carbocycles. The van der Waals surface area contributed by atoms with Crippen molar-refractivity contribution in [3.8, 4) is 0 Å². The second-order valence-corrected chi connectivity index (χ2v) is 10.2. The molecule has 3 nitrogen and oxygen atoms in total. The Morgan fingerprint density at radius 1 is 0.410 bits per heavy atom. The van der Waals surface area contributed by atoms with E-state index in [9.17, 15) is 9.59 Å². The second-order valence-electron chi connectivity index (χ2n) is 10.2. The molecule has 3 heteroatoms. The molecular formula is C36H59NO2. The zero-order chi connectivity index (χ0) is 28.5. The summed E-state index contributed by atoms with van der Waals surface area (Å²) < 4.78 is 0. The quantitative estimate of drug-likeness (QED) is 0.0881. The largest absolute Gasteiger partial charge is 0.296 e. The Bertz CT molecular complexity index is 677. The molecule has 0 saturated heterocycles. The Morgan fingerprint density at radius 3 is 1.10 bits per heavy atom. The molecule has 0 rings (SSSR count). The van der Waals surface area contributed by atoms with Crippen LogP contribution in [0.3, 0.4) is 0 Å². The number of imide groups is 1. The van der Waals surface area contributed by atoms with Crippen molar-refractivity contribution in [2.75, 3.05) is 0 Å².